The number of sulfonamides is 1. The van der Waals surface area contributed by atoms with E-state index in [1.165, 1.54) is 4.31 Å². The molecule has 10 heteroatoms. The predicted molar refractivity (Wildman–Crippen MR) is 130 cm³/mol. The highest BCUT2D eigenvalue weighted by Crippen LogP contribution is 2.35. The van der Waals surface area contributed by atoms with Crippen LogP contribution in [-0.2, 0) is 26.0 Å². The van der Waals surface area contributed by atoms with E-state index >= 15 is 0 Å². The molecule has 0 fully saturated rings. The van der Waals surface area contributed by atoms with Gasteiger partial charge in [0.1, 0.15) is 0 Å². The smallest absolute Gasteiger partial charge is 0.314 e. The van der Waals surface area contributed by atoms with Gasteiger partial charge in [-0.2, -0.15) is 0 Å². The minimum absolute atomic E-state index is 0.0994. The van der Waals surface area contributed by atoms with Crippen molar-refractivity contribution < 1.29 is 27.5 Å². The second kappa shape index (κ2) is 8.95. The van der Waals surface area contributed by atoms with Gasteiger partial charge in [0.15, 0.2) is 11.5 Å². The van der Waals surface area contributed by atoms with Crippen LogP contribution in [-0.4, -0.2) is 33.6 Å². The number of hydrogen-bond donors (Lipinski definition) is 2. The lowest BCUT2D eigenvalue weighted by Gasteiger charge is -2.31. The van der Waals surface area contributed by atoms with Gasteiger partial charge in [0, 0.05) is 24.0 Å². The molecule has 5 rings (SSSR count). The van der Waals surface area contributed by atoms with E-state index in [-0.39, 0.29) is 11.7 Å². The number of nitrogens with zero attached hydrogens (tertiary/aromatic N) is 1. The Morgan fingerprint density at radius 2 is 1.51 bits per heavy atom. The Kier molecular flexibility index (Phi) is 5.81. The molecule has 2 aliphatic rings. The van der Waals surface area contributed by atoms with E-state index in [2.05, 4.69) is 10.6 Å². The summed E-state index contributed by atoms with van der Waals surface area (Å²) in [6, 6.07) is 16.5. The zero-order valence-electron chi connectivity index (χ0n) is 18.9. The van der Waals surface area contributed by atoms with E-state index in [4.69, 9.17) is 9.47 Å². The van der Waals surface area contributed by atoms with Crippen LogP contribution in [0, 0.1) is 6.92 Å². The number of anilines is 3. The van der Waals surface area contributed by atoms with Gasteiger partial charge >= 0.3 is 11.8 Å². The normalized spacial score (nSPS) is 14.3. The summed E-state index contributed by atoms with van der Waals surface area (Å²) in [7, 11) is -3.78. The van der Waals surface area contributed by atoms with Gasteiger partial charge in [-0.05, 0) is 61.7 Å². The van der Waals surface area contributed by atoms with E-state index in [1.54, 1.807) is 60.7 Å². The van der Waals surface area contributed by atoms with Crippen LogP contribution in [0.15, 0.2) is 65.6 Å². The SMILES string of the molecule is Cc1ccc(S(=O)(=O)N2CCCc3ccc(NC(=O)C(=O)Nc4ccc5c(c4)OCO5)cc32)cc1. The van der Waals surface area contributed by atoms with Gasteiger partial charge in [-0.25, -0.2) is 8.42 Å². The molecule has 0 saturated carbocycles. The lowest BCUT2D eigenvalue weighted by atomic mass is 10.0. The summed E-state index contributed by atoms with van der Waals surface area (Å²) >= 11 is 0. The first-order valence-electron chi connectivity index (χ1n) is 11.1. The minimum Gasteiger partial charge on any atom is -0.454 e. The maximum atomic E-state index is 13.3. The third kappa shape index (κ3) is 4.52. The largest absolute Gasteiger partial charge is 0.454 e. The summed E-state index contributed by atoms with van der Waals surface area (Å²) in [5.74, 6) is -0.712. The zero-order valence-corrected chi connectivity index (χ0v) is 19.7. The van der Waals surface area contributed by atoms with E-state index in [0.717, 1.165) is 11.1 Å². The van der Waals surface area contributed by atoms with Crippen molar-refractivity contribution in [3.63, 3.8) is 0 Å². The number of ether oxygens (including phenoxy) is 2. The van der Waals surface area contributed by atoms with Crippen molar-refractivity contribution in [2.75, 3.05) is 28.3 Å². The van der Waals surface area contributed by atoms with Crippen molar-refractivity contribution in [3.8, 4) is 11.5 Å². The Morgan fingerprint density at radius 3 is 2.26 bits per heavy atom. The fourth-order valence-electron chi connectivity index (χ4n) is 4.06. The van der Waals surface area contributed by atoms with Crippen LogP contribution in [0.3, 0.4) is 0 Å². The number of benzene rings is 3. The maximum Gasteiger partial charge on any atom is 0.314 e. The molecular formula is C25H23N3O6S. The molecule has 2 heterocycles. The molecule has 0 atom stereocenters. The molecule has 2 aliphatic heterocycles. The van der Waals surface area contributed by atoms with Crippen molar-refractivity contribution in [1.82, 2.24) is 0 Å². The number of carbonyl (C=O) groups is 2. The number of fused-ring (bicyclic) bond motifs is 2. The minimum atomic E-state index is -3.78. The molecule has 9 nitrogen and oxygen atoms in total. The zero-order chi connectivity index (χ0) is 24.6. The fourth-order valence-corrected chi connectivity index (χ4v) is 5.59. The molecule has 0 aromatic heterocycles. The van der Waals surface area contributed by atoms with Gasteiger partial charge in [0.25, 0.3) is 10.0 Å². The van der Waals surface area contributed by atoms with Crippen molar-refractivity contribution in [3.05, 3.63) is 71.8 Å². The topological polar surface area (TPSA) is 114 Å². The number of carbonyl (C=O) groups excluding carboxylic acids is 2. The van der Waals surface area contributed by atoms with Gasteiger partial charge in [-0.3, -0.25) is 13.9 Å². The van der Waals surface area contributed by atoms with Crippen LogP contribution in [0.4, 0.5) is 17.1 Å². The molecule has 0 unspecified atom stereocenters. The van der Waals surface area contributed by atoms with Gasteiger partial charge in [-0.1, -0.05) is 23.8 Å². The van der Waals surface area contributed by atoms with Crippen LogP contribution in [0.1, 0.15) is 17.5 Å². The van der Waals surface area contributed by atoms with E-state index in [1.807, 2.05) is 6.92 Å². The molecule has 2 amide bonds. The highest BCUT2D eigenvalue weighted by molar-refractivity contribution is 7.92. The highest BCUT2D eigenvalue weighted by atomic mass is 32.2. The van der Waals surface area contributed by atoms with E-state index < -0.39 is 21.8 Å². The number of rotatable bonds is 4. The summed E-state index contributed by atoms with van der Waals surface area (Å²) in [5, 5.41) is 5.08. The molecule has 3 aromatic rings. The fraction of sp³-hybridized carbons (Fsp3) is 0.200. The van der Waals surface area contributed by atoms with Crippen molar-refractivity contribution >= 4 is 38.9 Å². The average Bonchev–Trinajstić information content (AvgIpc) is 3.32. The van der Waals surface area contributed by atoms with Crippen LogP contribution in [0.25, 0.3) is 0 Å². The van der Waals surface area contributed by atoms with E-state index in [9.17, 15) is 18.0 Å². The Bertz CT molecular complexity index is 1420. The van der Waals surface area contributed by atoms with Crippen molar-refractivity contribution in [2.24, 2.45) is 0 Å². The molecule has 0 saturated heterocycles. The van der Waals surface area contributed by atoms with Crippen LogP contribution < -0.4 is 24.4 Å². The summed E-state index contributed by atoms with van der Waals surface area (Å²) < 4.78 is 38.6. The average molecular weight is 494 g/mol. The quantitative estimate of drug-likeness (QED) is 0.538. The second-order valence-corrected chi connectivity index (χ2v) is 10.2. The number of aryl methyl sites for hydroxylation is 2. The first-order chi connectivity index (χ1) is 16.8. The molecule has 0 aliphatic carbocycles. The third-order valence-corrected chi connectivity index (χ3v) is 7.69. The molecule has 2 N–H and O–H groups in total. The van der Waals surface area contributed by atoms with Crippen LogP contribution in [0.5, 0.6) is 11.5 Å². The Hall–Kier alpha value is -4.05. The van der Waals surface area contributed by atoms with Gasteiger partial charge in [-0.15, -0.1) is 0 Å². The number of amides is 2. The first-order valence-corrected chi connectivity index (χ1v) is 12.5. The monoisotopic (exact) mass is 493 g/mol. The second-order valence-electron chi connectivity index (χ2n) is 8.31. The number of hydrogen-bond acceptors (Lipinski definition) is 6. The summed E-state index contributed by atoms with van der Waals surface area (Å²) in [6.45, 7) is 2.32. The summed E-state index contributed by atoms with van der Waals surface area (Å²) in [5.41, 5.74) is 3.02. The van der Waals surface area contributed by atoms with E-state index in [0.29, 0.717) is 47.9 Å². The number of nitrogens with one attached hydrogen (secondary N) is 2. The van der Waals surface area contributed by atoms with Crippen LogP contribution in [0.2, 0.25) is 0 Å². The lowest BCUT2D eigenvalue weighted by molar-refractivity contribution is -0.132. The highest BCUT2D eigenvalue weighted by Gasteiger charge is 2.29. The standard InChI is InChI=1S/C25H23N3O6S/c1-16-4-9-20(10-5-16)35(31,32)28-12-2-3-17-6-7-18(13-21(17)28)26-24(29)25(30)27-19-8-11-22-23(14-19)34-15-33-22/h4-11,13-14H,2-3,12,15H2,1H3,(H,26,29)(H,27,30). The van der Waals surface area contributed by atoms with Crippen molar-refractivity contribution in [1.29, 1.82) is 0 Å². The molecule has 35 heavy (non-hydrogen) atoms. The Labute approximate surface area is 202 Å². The molecule has 0 bridgehead atoms. The predicted octanol–water partition coefficient (Wildman–Crippen LogP) is 3.44. The summed E-state index contributed by atoms with van der Waals surface area (Å²) in [4.78, 5) is 25.2. The van der Waals surface area contributed by atoms with Crippen molar-refractivity contribution in [2.45, 2.75) is 24.7 Å². The van der Waals surface area contributed by atoms with Crippen LogP contribution >= 0.6 is 0 Å². The molecule has 0 spiro atoms. The lowest BCUT2D eigenvalue weighted by Crippen LogP contribution is -2.35. The van der Waals surface area contributed by atoms with Gasteiger partial charge in [0.05, 0.1) is 10.6 Å². The third-order valence-electron chi connectivity index (χ3n) is 5.86. The van der Waals surface area contributed by atoms with Gasteiger partial charge in [0.2, 0.25) is 6.79 Å². The molecule has 0 radical (unpaired) electrons. The molecule has 180 valence electrons. The summed E-state index contributed by atoms with van der Waals surface area (Å²) in [6.07, 6.45) is 1.40. The molecular weight excluding hydrogens is 470 g/mol. The first kappa shape index (κ1) is 22.7. The van der Waals surface area contributed by atoms with Gasteiger partial charge < -0.3 is 20.1 Å². The molecule has 3 aromatic carbocycles. The Morgan fingerprint density at radius 1 is 0.857 bits per heavy atom. The Balaban J connectivity index is 1.34. The maximum absolute atomic E-state index is 13.3.